The summed E-state index contributed by atoms with van der Waals surface area (Å²) in [7, 11) is 0. The van der Waals surface area contributed by atoms with Gasteiger partial charge in [-0.05, 0) is 48.1 Å². The van der Waals surface area contributed by atoms with E-state index in [2.05, 4.69) is 26.3 Å². The van der Waals surface area contributed by atoms with Crippen molar-refractivity contribution < 1.29 is 9.18 Å². The molecule has 1 aliphatic carbocycles. The van der Waals surface area contributed by atoms with Crippen molar-refractivity contribution in [2.24, 2.45) is 5.41 Å². The molecular weight excluding hydrogens is 421 g/mol. The molecule has 0 bridgehead atoms. The second-order valence-electron chi connectivity index (χ2n) is 9.46. The monoisotopic (exact) mass is 445 g/mol. The Balaban J connectivity index is 1.11. The van der Waals surface area contributed by atoms with E-state index >= 15 is 0 Å². The van der Waals surface area contributed by atoms with E-state index in [4.69, 9.17) is 0 Å². The smallest absolute Gasteiger partial charge is 0.270 e. The fourth-order valence-corrected chi connectivity index (χ4v) is 5.27. The van der Waals surface area contributed by atoms with Gasteiger partial charge in [-0.2, -0.15) is 0 Å². The van der Waals surface area contributed by atoms with Crippen LogP contribution in [0.15, 0.2) is 59.5 Å². The SMILES string of the molecule is O=C(NCc1ccc2cc(CN3CC4(CC(F)C4)C3)[nH]c2c1)c1cc(=O)n2ccccc2n1. The lowest BCUT2D eigenvalue weighted by atomic mass is 9.62. The maximum Gasteiger partial charge on any atom is 0.270 e. The van der Waals surface area contributed by atoms with Gasteiger partial charge in [-0.3, -0.25) is 18.9 Å². The number of aromatic nitrogens is 3. The van der Waals surface area contributed by atoms with E-state index in [-0.39, 0.29) is 22.6 Å². The predicted molar refractivity (Wildman–Crippen MR) is 123 cm³/mol. The summed E-state index contributed by atoms with van der Waals surface area (Å²) < 4.78 is 14.6. The van der Waals surface area contributed by atoms with Crippen LogP contribution in [0.25, 0.3) is 16.6 Å². The van der Waals surface area contributed by atoms with Crippen LogP contribution >= 0.6 is 0 Å². The lowest BCUT2D eigenvalue weighted by molar-refractivity contribution is -0.106. The molecule has 1 amide bonds. The molecule has 4 aromatic rings. The van der Waals surface area contributed by atoms with E-state index in [0.29, 0.717) is 12.2 Å². The first kappa shape index (κ1) is 20.1. The molecule has 2 aliphatic rings. The lowest BCUT2D eigenvalue weighted by Crippen LogP contribution is -2.62. The van der Waals surface area contributed by atoms with Crippen molar-refractivity contribution in [3.63, 3.8) is 0 Å². The van der Waals surface area contributed by atoms with E-state index in [0.717, 1.165) is 54.6 Å². The number of likely N-dealkylation sites (tertiary alicyclic amines) is 1. The second-order valence-corrected chi connectivity index (χ2v) is 9.46. The summed E-state index contributed by atoms with van der Waals surface area (Å²) in [5.74, 6) is -0.385. The number of fused-ring (bicyclic) bond motifs is 2. The second kappa shape index (κ2) is 7.52. The Labute approximate surface area is 189 Å². The van der Waals surface area contributed by atoms with Crippen LogP contribution in [-0.4, -0.2) is 44.4 Å². The minimum absolute atomic E-state index is 0.104. The van der Waals surface area contributed by atoms with Gasteiger partial charge in [-0.1, -0.05) is 18.2 Å². The molecule has 1 aliphatic heterocycles. The third kappa shape index (κ3) is 3.70. The fourth-order valence-electron chi connectivity index (χ4n) is 5.27. The molecular formula is C25H24FN5O2. The molecule has 0 unspecified atom stereocenters. The molecule has 1 spiro atoms. The number of nitrogens with zero attached hydrogens (tertiary/aromatic N) is 3. The summed E-state index contributed by atoms with van der Waals surface area (Å²) in [6.07, 6.45) is 2.46. The van der Waals surface area contributed by atoms with Crippen LogP contribution in [0.2, 0.25) is 0 Å². The number of amides is 1. The number of nitrogens with one attached hydrogen (secondary N) is 2. The van der Waals surface area contributed by atoms with Crippen LogP contribution in [0.5, 0.6) is 0 Å². The molecule has 2 fully saturated rings. The molecule has 1 aromatic carbocycles. The van der Waals surface area contributed by atoms with E-state index in [9.17, 15) is 14.0 Å². The van der Waals surface area contributed by atoms with Crippen molar-refractivity contribution in [2.45, 2.75) is 32.1 Å². The van der Waals surface area contributed by atoms with Gasteiger partial charge in [0.15, 0.2) is 0 Å². The van der Waals surface area contributed by atoms with Crippen LogP contribution in [0.1, 0.15) is 34.6 Å². The topological polar surface area (TPSA) is 82.5 Å². The number of aromatic amines is 1. The number of rotatable bonds is 5. The van der Waals surface area contributed by atoms with Crippen LogP contribution in [0.3, 0.4) is 0 Å². The van der Waals surface area contributed by atoms with Gasteiger partial charge in [0.2, 0.25) is 0 Å². The number of carbonyl (C=O) groups excluding carboxylic acids is 1. The number of alkyl halides is 1. The molecule has 3 aromatic heterocycles. The molecule has 4 heterocycles. The minimum Gasteiger partial charge on any atom is -0.357 e. The van der Waals surface area contributed by atoms with Gasteiger partial charge in [0.25, 0.3) is 11.5 Å². The van der Waals surface area contributed by atoms with E-state index in [1.807, 2.05) is 18.2 Å². The van der Waals surface area contributed by atoms with Crippen molar-refractivity contribution >= 4 is 22.5 Å². The van der Waals surface area contributed by atoms with Crippen molar-refractivity contribution in [1.29, 1.82) is 0 Å². The summed E-state index contributed by atoms with van der Waals surface area (Å²) in [4.78, 5) is 34.9. The van der Waals surface area contributed by atoms with Crippen molar-refractivity contribution in [3.05, 3.63) is 82.0 Å². The third-order valence-electron chi connectivity index (χ3n) is 6.82. The Morgan fingerprint density at radius 1 is 1.18 bits per heavy atom. The number of carbonyl (C=O) groups is 1. The largest absolute Gasteiger partial charge is 0.357 e. The van der Waals surface area contributed by atoms with Crippen molar-refractivity contribution in [1.82, 2.24) is 24.6 Å². The molecule has 7 nitrogen and oxygen atoms in total. The highest BCUT2D eigenvalue weighted by Crippen LogP contribution is 2.50. The number of benzene rings is 1. The van der Waals surface area contributed by atoms with E-state index in [1.165, 1.54) is 10.5 Å². The highest BCUT2D eigenvalue weighted by atomic mass is 19.1. The summed E-state index contributed by atoms with van der Waals surface area (Å²) in [6.45, 7) is 3.12. The minimum atomic E-state index is -0.600. The molecule has 0 radical (unpaired) electrons. The average Bonchev–Trinajstić information content (AvgIpc) is 3.16. The first-order chi connectivity index (χ1) is 16.0. The van der Waals surface area contributed by atoms with Gasteiger partial charge in [0.1, 0.15) is 17.5 Å². The van der Waals surface area contributed by atoms with Gasteiger partial charge in [0, 0.05) is 55.1 Å². The van der Waals surface area contributed by atoms with Gasteiger partial charge >= 0.3 is 0 Å². The number of hydrogen-bond donors (Lipinski definition) is 2. The van der Waals surface area contributed by atoms with Crippen molar-refractivity contribution in [3.8, 4) is 0 Å². The van der Waals surface area contributed by atoms with Crippen LogP contribution < -0.4 is 10.9 Å². The Hall–Kier alpha value is -3.52. The van der Waals surface area contributed by atoms with E-state index in [1.54, 1.807) is 24.4 Å². The molecule has 1 saturated carbocycles. The molecule has 33 heavy (non-hydrogen) atoms. The summed E-state index contributed by atoms with van der Waals surface area (Å²) in [6, 6.07) is 14.7. The summed E-state index contributed by atoms with van der Waals surface area (Å²) in [5.41, 5.74) is 3.59. The number of halogens is 1. The highest BCUT2D eigenvalue weighted by molar-refractivity contribution is 5.92. The predicted octanol–water partition coefficient (Wildman–Crippen LogP) is 3.04. The van der Waals surface area contributed by atoms with Crippen LogP contribution in [-0.2, 0) is 13.1 Å². The lowest BCUT2D eigenvalue weighted by Gasteiger charge is -2.57. The quantitative estimate of drug-likeness (QED) is 0.495. The normalized spacial score (nSPS) is 17.8. The number of hydrogen-bond acceptors (Lipinski definition) is 4. The molecule has 6 rings (SSSR count). The van der Waals surface area contributed by atoms with Crippen molar-refractivity contribution in [2.75, 3.05) is 13.1 Å². The third-order valence-corrected chi connectivity index (χ3v) is 6.82. The Kier molecular flexibility index (Phi) is 4.58. The van der Waals surface area contributed by atoms with Gasteiger partial charge in [-0.25, -0.2) is 9.37 Å². The summed E-state index contributed by atoms with van der Waals surface area (Å²) in [5, 5.41) is 3.97. The molecule has 8 heteroatoms. The van der Waals surface area contributed by atoms with E-state index < -0.39 is 6.17 Å². The van der Waals surface area contributed by atoms with Gasteiger partial charge in [-0.15, -0.1) is 0 Å². The number of pyridine rings is 1. The molecule has 168 valence electrons. The standard InChI is InChI=1S/C25H24FN5O2/c26-18-10-25(11-18)14-30(15-25)13-19-8-17-5-4-16(7-20(17)28-19)12-27-24(33)21-9-23(32)31-6-2-1-3-22(31)29-21/h1-9,18,28H,10-15H2,(H,27,33). The first-order valence-electron chi connectivity index (χ1n) is 11.2. The molecule has 0 atom stereocenters. The Morgan fingerprint density at radius 3 is 2.85 bits per heavy atom. The van der Waals surface area contributed by atoms with Gasteiger partial charge in [0.05, 0.1) is 0 Å². The molecule has 2 N–H and O–H groups in total. The maximum absolute atomic E-state index is 13.2. The first-order valence-corrected chi connectivity index (χ1v) is 11.2. The Morgan fingerprint density at radius 2 is 2.03 bits per heavy atom. The fraction of sp³-hybridized carbons (Fsp3) is 0.320. The maximum atomic E-state index is 13.2. The van der Waals surface area contributed by atoms with Crippen LogP contribution in [0.4, 0.5) is 4.39 Å². The van der Waals surface area contributed by atoms with Crippen LogP contribution in [0, 0.1) is 5.41 Å². The number of H-pyrrole nitrogens is 1. The average molecular weight is 445 g/mol. The zero-order chi connectivity index (χ0) is 22.6. The summed E-state index contributed by atoms with van der Waals surface area (Å²) >= 11 is 0. The van der Waals surface area contributed by atoms with Gasteiger partial charge < -0.3 is 10.3 Å². The highest BCUT2D eigenvalue weighted by Gasteiger charge is 2.52. The Bertz CT molecular complexity index is 1430. The zero-order valence-corrected chi connectivity index (χ0v) is 18.1. The molecule has 1 saturated heterocycles. The zero-order valence-electron chi connectivity index (χ0n) is 18.1.